The highest BCUT2D eigenvalue weighted by Crippen LogP contribution is 2.21. The Morgan fingerprint density at radius 1 is 1.00 bits per heavy atom. The third-order valence-electron chi connectivity index (χ3n) is 3.39. The van der Waals surface area contributed by atoms with Crippen molar-refractivity contribution in [2.24, 2.45) is 5.92 Å². The molecule has 0 saturated carbocycles. The Bertz CT molecular complexity index is 152. The Balaban J connectivity index is 3.80. The van der Waals surface area contributed by atoms with Crippen molar-refractivity contribution in [3.63, 3.8) is 0 Å². The van der Waals surface area contributed by atoms with Gasteiger partial charge in [-0.05, 0) is 32.6 Å². The van der Waals surface area contributed by atoms with Crippen LogP contribution in [0.1, 0.15) is 79.6 Å². The minimum absolute atomic E-state index is 0.0790. The Hall–Kier alpha value is -0.0400. The Morgan fingerprint density at radius 2 is 1.62 bits per heavy atom. The Morgan fingerprint density at radius 3 is 2.12 bits per heavy atom. The second kappa shape index (κ2) is 9.04. The van der Waals surface area contributed by atoms with E-state index in [1.54, 1.807) is 0 Å². The molecule has 0 radical (unpaired) electrons. The van der Waals surface area contributed by atoms with Crippen molar-refractivity contribution in [1.29, 1.82) is 0 Å². The molecule has 0 aliphatic rings. The number of unbranched alkanes of at least 4 members (excludes halogenated alkanes) is 2. The molecule has 0 saturated heterocycles. The van der Waals surface area contributed by atoms with E-state index < -0.39 is 0 Å². The molecular formula is C15H32O. The quantitative estimate of drug-likeness (QED) is 0.500. The molecule has 0 amide bonds. The summed E-state index contributed by atoms with van der Waals surface area (Å²) in [4.78, 5) is 0. The normalized spacial score (nSPS) is 14.1. The van der Waals surface area contributed by atoms with Gasteiger partial charge < -0.3 is 4.74 Å². The zero-order valence-electron chi connectivity index (χ0n) is 12.1. The molecule has 0 aliphatic heterocycles. The van der Waals surface area contributed by atoms with Gasteiger partial charge in [-0.1, -0.05) is 52.9 Å². The molecule has 0 bridgehead atoms. The van der Waals surface area contributed by atoms with Gasteiger partial charge >= 0.3 is 0 Å². The highest BCUT2D eigenvalue weighted by atomic mass is 16.5. The fourth-order valence-electron chi connectivity index (χ4n) is 1.92. The summed E-state index contributed by atoms with van der Waals surface area (Å²) < 4.78 is 6.08. The van der Waals surface area contributed by atoms with Gasteiger partial charge in [-0.15, -0.1) is 0 Å². The van der Waals surface area contributed by atoms with Crippen molar-refractivity contribution >= 4 is 0 Å². The van der Waals surface area contributed by atoms with E-state index >= 15 is 0 Å². The van der Waals surface area contributed by atoms with Crippen LogP contribution in [0, 0.1) is 5.92 Å². The molecule has 0 aromatic carbocycles. The molecule has 0 rings (SSSR count). The van der Waals surface area contributed by atoms with Gasteiger partial charge in [0.15, 0.2) is 0 Å². The third kappa shape index (κ3) is 8.15. The molecule has 98 valence electrons. The molecule has 1 heteroatoms. The second-order valence-electron chi connectivity index (χ2n) is 5.59. The van der Waals surface area contributed by atoms with Crippen molar-refractivity contribution in [3.05, 3.63) is 0 Å². The molecule has 1 nitrogen and oxygen atoms in total. The van der Waals surface area contributed by atoms with Crippen molar-refractivity contribution in [1.82, 2.24) is 0 Å². The van der Waals surface area contributed by atoms with Crippen LogP contribution in [0.2, 0.25) is 0 Å². The van der Waals surface area contributed by atoms with Gasteiger partial charge in [0.05, 0.1) is 12.2 Å². The van der Waals surface area contributed by atoms with Crippen molar-refractivity contribution in [3.8, 4) is 0 Å². The third-order valence-corrected chi connectivity index (χ3v) is 3.39. The SMILES string of the molecule is CCCCC(CC)COC(C)(C)CCCC. The maximum absolute atomic E-state index is 6.08. The molecule has 0 spiro atoms. The van der Waals surface area contributed by atoms with Crippen LogP contribution in [0.5, 0.6) is 0 Å². The summed E-state index contributed by atoms with van der Waals surface area (Å²) in [6, 6.07) is 0. The zero-order valence-corrected chi connectivity index (χ0v) is 12.1. The van der Waals surface area contributed by atoms with Crippen LogP contribution in [-0.4, -0.2) is 12.2 Å². The lowest BCUT2D eigenvalue weighted by Crippen LogP contribution is -2.27. The molecule has 1 unspecified atom stereocenters. The first kappa shape index (κ1) is 16.0. The molecule has 0 aromatic rings. The summed E-state index contributed by atoms with van der Waals surface area (Å²) in [5, 5.41) is 0. The van der Waals surface area contributed by atoms with E-state index in [9.17, 15) is 0 Å². The average Bonchev–Trinajstić information content (AvgIpc) is 2.27. The monoisotopic (exact) mass is 228 g/mol. The van der Waals surface area contributed by atoms with Crippen LogP contribution in [0.25, 0.3) is 0 Å². The van der Waals surface area contributed by atoms with Gasteiger partial charge in [0.1, 0.15) is 0 Å². The Kier molecular flexibility index (Phi) is 9.02. The van der Waals surface area contributed by atoms with Crippen molar-refractivity contribution in [2.75, 3.05) is 6.61 Å². The molecule has 0 aliphatic carbocycles. The molecule has 1 atom stereocenters. The fraction of sp³-hybridized carbons (Fsp3) is 1.00. The first-order valence-corrected chi connectivity index (χ1v) is 7.19. The van der Waals surface area contributed by atoms with Crippen molar-refractivity contribution < 1.29 is 4.74 Å². The highest BCUT2D eigenvalue weighted by Gasteiger charge is 2.19. The van der Waals surface area contributed by atoms with Crippen molar-refractivity contribution in [2.45, 2.75) is 85.2 Å². The lowest BCUT2D eigenvalue weighted by molar-refractivity contribution is -0.0436. The number of ether oxygens (including phenoxy) is 1. The summed E-state index contributed by atoms with van der Waals surface area (Å²) in [6.45, 7) is 12.2. The van der Waals surface area contributed by atoms with Gasteiger partial charge in [-0.3, -0.25) is 0 Å². The van der Waals surface area contributed by atoms with E-state index in [4.69, 9.17) is 4.74 Å². The van der Waals surface area contributed by atoms with E-state index in [0.717, 1.165) is 12.5 Å². The van der Waals surface area contributed by atoms with Gasteiger partial charge in [-0.2, -0.15) is 0 Å². The first-order chi connectivity index (χ1) is 7.55. The summed E-state index contributed by atoms with van der Waals surface area (Å²) in [5.74, 6) is 0.765. The molecular weight excluding hydrogens is 196 g/mol. The number of hydrogen-bond donors (Lipinski definition) is 0. The lowest BCUT2D eigenvalue weighted by Gasteiger charge is -2.28. The van der Waals surface area contributed by atoms with E-state index in [1.807, 2.05) is 0 Å². The minimum Gasteiger partial charge on any atom is -0.375 e. The minimum atomic E-state index is 0.0790. The van der Waals surface area contributed by atoms with E-state index in [-0.39, 0.29) is 5.60 Å². The molecule has 0 fully saturated rings. The van der Waals surface area contributed by atoms with E-state index in [0.29, 0.717) is 0 Å². The van der Waals surface area contributed by atoms with Gasteiger partial charge in [-0.25, -0.2) is 0 Å². The predicted octanol–water partition coefficient (Wildman–Crippen LogP) is 5.19. The predicted molar refractivity (Wildman–Crippen MR) is 72.9 cm³/mol. The van der Waals surface area contributed by atoms with Crippen LogP contribution < -0.4 is 0 Å². The summed E-state index contributed by atoms with van der Waals surface area (Å²) in [6.07, 6.45) is 8.96. The smallest absolute Gasteiger partial charge is 0.0626 e. The maximum Gasteiger partial charge on any atom is 0.0626 e. The average molecular weight is 228 g/mol. The molecule has 16 heavy (non-hydrogen) atoms. The lowest BCUT2D eigenvalue weighted by atomic mass is 9.98. The largest absolute Gasteiger partial charge is 0.375 e. The molecule has 0 heterocycles. The first-order valence-electron chi connectivity index (χ1n) is 7.19. The van der Waals surface area contributed by atoms with E-state index in [1.165, 1.54) is 44.9 Å². The zero-order chi connectivity index (χ0) is 12.4. The summed E-state index contributed by atoms with van der Waals surface area (Å²) in [5.41, 5.74) is 0.0790. The standard InChI is InChI=1S/C15H32O/c1-6-9-11-14(8-3)13-16-15(4,5)12-10-7-2/h14H,6-13H2,1-5H3. The van der Waals surface area contributed by atoms with Crippen LogP contribution in [0.15, 0.2) is 0 Å². The summed E-state index contributed by atoms with van der Waals surface area (Å²) >= 11 is 0. The fourth-order valence-corrected chi connectivity index (χ4v) is 1.92. The number of rotatable bonds is 10. The van der Waals surface area contributed by atoms with Crippen LogP contribution in [0.3, 0.4) is 0 Å². The van der Waals surface area contributed by atoms with Crippen LogP contribution >= 0.6 is 0 Å². The molecule has 0 aromatic heterocycles. The summed E-state index contributed by atoms with van der Waals surface area (Å²) in [7, 11) is 0. The van der Waals surface area contributed by atoms with Crippen LogP contribution in [0.4, 0.5) is 0 Å². The second-order valence-corrected chi connectivity index (χ2v) is 5.59. The number of hydrogen-bond acceptors (Lipinski definition) is 1. The van der Waals surface area contributed by atoms with Crippen LogP contribution in [-0.2, 0) is 4.74 Å². The topological polar surface area (TPSA) is 9.23 Å². The van der Waals surface area contributed by atoms with Gasteiger partial charge in [0.2, 0.25) is 0 Å². The maximum atomic E-state index is 6.08. The van der Waals surface area contributed by atoms with Gasteiger partial charge in [0, 0.05) is 0 Å². The van der Waals surface area contributed by atoms with E-state index in [2.05, 4.69) is 34.6 Å². The Labute approximate surface area is 103 Å². The molecule has 0 N–H and O–H groups in total. The highest BCUT2D eigenvalue weighted by molar-refractivity contribution is 4.69. The van der Waals surface area contributed by atoms with Gasteiger partial charge in [0.25, 0.3) is 0 Å².